The van der Waals surface area contributed by atoms with Crippen LogP contribution in [0.15, 0.2) is 53.3 Å². The minimum atomic E-state index is -2.21. The lowest BCUT2D eigenvalue weighted by Crippen LogP contribution is -2.20. The summed E-state index contributed by atoms with van der Waals surface area (Å²) in [6.45, 7) is 0.877. The number of ether oxygens (including phenoxy) is 1. The smallest absolute Gasteiger partial charge is 0.188 e. The molecule has 0 spiro atoms. The Labute approximate surface area is 102 Å². The molecule has 5 heteroatoms. The zero-order chi connectivity index (χ0) is 12.1. The van der Waals surface area contributed by atoms with Gasteiger partial charge in [-0.25, -0.2) is 0 Å². The van der Waals surface area contributed by atoms with E-state index < -0.39 is 11.1 Å². The molecule has 4 nitrogen and oxygen atoms in total. The average Bonchev–Trinajstić information content (AvgIpc) is 2.38. The van der Waals surface area contributed by atoms with E-state index >= 15 is 0 Å². The minimum Gasteiger partial charge on any atom is -0.768 e. The number of nitrogens with one attached hydrogen (secondary N) is 1. The molecule has 0 aromatic heterocycles. The molecule has 0 radical (unpaired) electrons. The normalized spacial score (nSPS) is 16.5. The Kier molecular flexibility index (Phi) is 3.95. The second-order valence-electron chi connectivity index (χ2n) is 3.50. The van der Waals surface area contributed by atoms with Gasteiger partial charge in [-0.05, 0) is 16.6 Å². The Morgan fingerprint density at radius 3 is 2.82 bits per heavy atom. The first kappa shape index (κ1) is 11.9. The van der Waals surface area contributed by atoms with Gasteiger partial charge in [0.25, 0.3) is 0 Å². The van der Waals surface area contributed by atoms with E-state index in [1.165, 1.54) is 6.08 Å². The highest BCUT2D eigenvalue weighted by Gasteiger charge is 2.06. The quantitative estimate of drug-likeness (QED) is 0.821. The van der Waals surface area contributed by atoms with Crippen LogP contribution < -0.4 is 5.32 Å². The number of hydrogen-bond donors (Lipinski definition) is 1. The molecular weight excluding hydrogens is 238 g/mol. The standard InChI is InChI=1S/C12H13NO3S/c14-17(15)11-6-7-13-12(8-11)16-9-10-4-2-1-3-5-10/h1-6,8,13H,7,9H2,(H,14,15)/p-1. The molecule has 0 saturated carbocycles. The molecule has 1 unspecified atom stereocenters. The molecule has 1 aromatic carbocycles. The van der Waals surface area contributed by atoms with Gasteiger partial charge in [0.2, 0.25) is 0 Å². The van der Waals surface area contributed by atoms with Crippen LogP contribution in [0.5, 0.6) is 0 Å². The molecule has 1 atom stereocenters. The van der Waals surface area contributed by atoms with Gasteiger partial charge in [0, 0.05) is 17.5 Å². The predicted octanol–water partition coefficient (Wildman–Crippen LogP) is 1.41. The largest absolute Gasteiger partial charge is 0.768 e. The fourth-order valence-corrected chi connectivity index (χ4v) is 1.86. The van der Waals surface area contributed by atoms with Crippen molar-refractivity contribution >= 4 is 11.1 Å². The van der Waals surface area contributed by atoms with Crippen LogP contribution in [0.25, 0.3) is 0 Å². The van der Waals surface area contributed by atoms with E-state index in [-0.39, 0.29) is 4.91 Å². The van der Waals surface area contributed by atoms with E-state index in [9.17, 15) is 8.76 Å². The Balaban J connectivity index is 1.96. The van der Waals surface area contributed by atoms with E-state index in [1.54, 1.807) is 6.08 Å². The van der Waals surface area contributed by atoms with Gasteiger partial charge in [-0.15, -0.1) is 0 Å². The van der Waals surface area contributed by atoms with Crippen molar-refractivity contribution in [2.24, 2.45) is 0 Å². The summed E-state index contributed by atoms with van der Waals surface area (Å²) in [6.07, 6.45) is 3.08. The fourth-order valence-electron chi connectivity index (χ4n) is 1.44. The van der Waals surface area contributed by atoms with Crippen molar-refractivity contribution < 1.29 is 13.5 Å². The van der Waals surface area contributed by atoms with Crippen molar-refractivity contribution in [1.29, 1.82) is 0 Å². The lowest BCUT2D eigenvalue weighted by Gasteiger charge is -2.18. The molecule has 90 valence electrons. The number of rotatable bonds is 4. The van der Waals surface area contributed by atoms with Gasteiger partial charge in [-0.2, -0.15) is 0 Å². The van der Waals surface area contributed by atoms with Crippen molar-refractivity contribution in [2.45, 2.75) is 6.61 Å². The average molecular weight is 250 g/mol. The molecule has 1 aliphatic rings. The Bertz CT molecular complexity index is 468. The summed E-state index contributed by atoms with van der Waals surface area (Å²) < 4.78 is 27.0. The maximum Gasteiger partial charge on any atom is 0.188 e. The summed E-state index contributed by atoms with van der Waals surface area (Å²) in [5, 5.41) is 2.96. The van der Waals surface area contributed by atoms with E-state index in [4.69, 9.17) is 4.74 Å². The first-order valence-electron chi connectivity index (χ1n) is 5.17. The first-order chi connectivity index (χ1) is 8.25. The van der Waals surface area contributed by atoms with Crippen molar-refractivity contribution in [3.05, 3.63) is 58.8 Å². The molecule has 1 N–H and O–H groups in total. The second kappa shape index (κ2) is 5.65. The topological polar surface area (TPSA) is 61.4 Å². The van der Waals surface area contributed by atoms with Crippen molar-refractivity contribution in [1.82, 2.24) is 5.32 Å². The fraction of sp³-hybridized carbons (Fsp3) is 0.167. The third-order valence-corrected chi connectivity index (χ3v) is 2.95. The van der Waals surface area contributed by atoms with Gasteiger partial charge >= 0.3 is 0 Å². The van der Waals surface area contributed by atoms with Crippen molar-refractivity contribution in [3.8, 4) is 0 Å². The van der Waals surface area contributed by atoms with Crippen LogP contribution in [0.2, 0.25) is 0 Å². The summed E-state index contributed by atoms with van der Waals surface area (Å²) >= 11 is -2.21. The summed E-state index contributed by atoms with van der Waals surface area (Å²) in [5.41, 5.74) is 1.04. The highest BCUT2D eigenvalue weighted by atomic mass is 32.2. The molecule has 2 rings (SSSR count). The molecule has 0 saturated heterocycles. The van der Waals surface area contributed by atoms with Crippen LogP contribution in [-0.4, -0.2) is 15.3 Å². The third-order valence-electron chi connectivity index (χ3n) is 2.28. The van der Waals surface area contributed by atoms with Gasteiger partial charge in [-0.3, -0.25) is 4.21 Å². The molecule has 0 amide bonds. The third kappa shape index (κ3) is 3.44. The molecular formula is C12H12NO3S-. The SMILES string of the molecule is O=S([O-])C1=CCNC(OCc2ccccc2)=C1. The molecule has 1 aliphatic heterocycles. The van der Waals surface area contributed by atoms with E-state index in [0.717, 1.165) is 5.56 Å². The van der Waals surface area contributed by atoms with Gasteiger partial charge in [0.15, 0.2) is 5.88 Å². The van der Waals surface area contributed by atoms with Gasteiger partial charge < -0.3 is 14.6 Å². The number of hydrogen-bond acceptors (Lipinski definition) is 4. The van der Waals surface area contributed by atoms with Crippen LogP contribution >= 0.6 is 0 Å². The molecule has 1 heterocycles. The maximum atomic E-state index is 10.8. The lowest BCUT2D eigenvalue weighted by atomic mass is 10.2. The monoisotopic (exact) mass is 250 g/mol. The van der Waals surface area contributed by atoms with Crippen LogP contribution in [0.3, 0.4) is 0 Å². The van der Waals surface area contributed by atoms with E-state index in [1.807, 2.05) is 30.3 Å². The van der Waals surface area contributed by atoms with Crippen LogP contribution in [0.4, 0.5) is 0 Å². The van der Waals surface area contributed by atoms with Crippen LogP contribution in [0.1, 0.15) is 5.56 Å². The second-order valence-corrected chi connectivity index (χ2v) is 4.45. The molecule has 0 fully saturated rings. The Hall–Kier alpha value is -1.59. The summed E-state index contributed by atoms with van der Waals surface area (Å²) in [6, 6.07) is 9.69. The highest BCUT2D eigenvalue weighted by Crippen LogP contribution is 2.11. The van der Waals surface area contributed by atoms with Crippen molar-refractivity contribution in [3.63, 3.8) is 0 Å². The molecule has 0 bridgehead atoms. The van der Waals surface area contributed by atoms with Crippen LogP contribution in [0, 0.1) is 0 Å². The summed E-state index contributed by atoms with van der Waals surface area (Å²) in [5.74, 6) is 0.482. The summed E-state index contributed by atoms with van der Waals surface area (Å²) in [7, 11) is 0. The first-order valence-corrected chi connectivity index (χ1v) is 6.25. The molecule has 17 heavy (non-hydrogen) atoms. The molecule has 0 aliphatic carbocycles. The van der Waals surface area contributed by atoms with Gasteiger partial charge in [-0.1, -0.05) is 36.4 Å². The van der Waals surface area contributed by atoms with E-state index in [2.05, 4.69) is 5.32 Å². The zero-order valence-electron chi connectivity index (χ0n) is 9.09. The van der Waals surface area contributed by atoms with Crippen molar-refractivity contribution in [2.75, 3.05) is 6.54 Å². The zero-order valence-corrected chi connectivity index (χ0v) is 9.91. The lowest BCUT2D eigenvalue weighted by molar-refractivity contribution is 0.178. The van der Waals surface area contributed by atoms with Crippen LogP contribution in [-0.2, 0) is 22.4 Å². The maximum absolute atomic E-state index is 10.8. The Morgan fingerprint density at radius 1 is 1.35 bits per heavy atom. The van der Waals surface area contributed by atoms with Gasteiger partial charge in [0.1, 0.15) is 6.61 Å². The molecule has 1 aromatic rings. The Morgan fingerprint density at radius 2 is 2.12 bits per heavy atom. The predicted molar refractivity (Wildman–Crippen MR) is 64.3 cm³/mol. The number of benzene rings is 1. The number of dihydropyridines is 1. The minimum absolute atomic E-state index is 0.256. The van der Waals surface area contributed by atoms with E-state index in [0.29, 0.717) is 19.0 Å². The van der Waals surface area contributed by atoms with Gasteiger partial charge in [0.05, 0.1) is 0 Å². The number of allylic oxidation sites excluding steroid dienone is 1. The highest BCUT2D eigenvalue weighted by molar-refractivity contribution is 7.83. The summed E-state index contributed by atoms with van der Waals surface area (Å²) in [4.78, 5) is 0.256.